The first-order valence-electron chi connectivity index (χ1n) is 6.86. The second-order valence-corrected chi connectivity index (χ2v) is 6.23. The summed E-state index contributed by atoms with van der Waals surface area (Å²) in [6.45, 7) is -0.0277. The van der Waals surface area contributed by atoms with Crippen molar-refractivity contribution in [1.29, 1.82) is 0 Å². The molecular formula is C17H10Cl3NO3. The largest absolute Gasteiger partial charge is 0.455 e. The second kappa shape index (κ2) is 7.26. The Morgan fingerprint density at radius 1 is 0.958 bits per heavy atom. The standard InChI is InChI=1S/C17H10Cl3NO3/c18-12-3-1-10(2-4-12)16-8-15(21-24-16)9-23-17(22)11-5-13(19)7-14(20)6-11/h1-8H,9H2. The predicted molar refractivity (Wildman–Crippen MR) is 92.5 cm³/mol. The number of ether oxygens (including phenoxy) is 1. The Morgan fingerprint density at radius 2 is 1.62 bits per heavy atom. The highest BCUT2D eigenvalue weighted by Crippen LogP contribution is 2.23. The Hall–Kier alpha value is -2.01. The van der Waals surface area contributed by atoms with Crippen molar-refractivity contribution in [2.75, 3.05) is 0 Å². The summed E-state index contributed by atoms with van der Waals surface area (Å²) in [5.74, 6) is 0.0129. The van der Waals surface area contributed by atoms with Crippen LogP contribution in [0, 0.1) is 0 Å². The van der Waals surface area contributed by atoms with Crippen LogP contribution in [0.3, 0.4) is 0 Å². The highest BCUT2D eigenvalue weighted by Gasteiger charge is 2.12. The molecule has 0 bridgehead atoms. The Bertz CT molecular complexity index is 855. The number of hydrogen-bond donors (Lipinski definition) is 0. The van der Waals surface area contributed by atoms with Crippen LogP contribution in [0.25, 0.3) is 11.3 Å². The summed E-state index contributed by atoms with van der Waals surface area (Å²) in [4.78, 5) is 12.0. The predicted octanol–water partition coefficient (Wildman–Crippen LogP) is 5.66. The number of aromatic nitrogens is 1. The number of carbonyl (C=O) groups excluding carboxylic acids is 1. The molecule has 0 atom stereocenters. The molecule has 0 amide bonds. The van der Waals surface area contributed by atoms with Crippen LogP contribution in [-0.4, -0.2) is 11.1 Å². The fourth-order valence-electron chi connectivity index (χ4n) is 2.02. The number of carbonyl (C=O) groups is 1. The maximum absolute atomic E-state index is 12.0. The first-order chi connectivity index (χ1) is 11.5. The van der Waals surface area contributed by atoms with Gasteiger partial charge < -0.3 is 9.26 Å². The van der Waals surface area contributed by atoms with E-state index in [9.17, 15) is 4.79 Å². The SMILES string of the molecule is O=C(OCc1cc(-c2ccc(Cl)cc2)on1)c1cc(Cl)cc(Cl)c1. The van der Waals surface area contributed by atoms with Crippen LogP contribution in [-0.2, 0) is 11.3 Å². The topological polar surface area (TPSA) is 52.3 Å². The molecule has 0 radical (unpaired) electrons. The molecule has 0 spiro atoms. The van der Waals surface area contributed by atoms with Gasteiger partial charge in [-0.2, -0.15) is 0 Å². The van der Waals surface area contributed by atoms with E-state index < -0.39 is 5.97 Å². The van der Waals surface area contributed by atoms with Crippen LogP contribution in [0.5, 0.6) is 0 Å². The van der Waals surface area contributed by atoms with E-state index in [0.29, 0.717) is 26.5 Å². The quantitative estimate of drug-likeness (QED) is 0.546. The summed E-state index contributed by atoms with van der Waals surface area (Å²) < 4.78 is 10.4. The van der Waals surface area contributed by atoms with Gasteiger partial charge in [0.25, 0.3) is 0 Å². The molecular weight excluding hydrogens is 373 g/mol. The molecule has 2 aromatic carbocycles. The zero-order chi connectivity index (χ0) is 17.1. The minimum atomic E-state index is -0.546. The molecule has 122 valence electrons. The van der Waals surface area contributed by atoms with Gasteiger partial charge in [0.15, 0.2) is 5.76 Å². The van der Waals surface area contributed by atoms with Gasteiger partial charge in [-0.15, -0.1) is 0 Å². The van der Waals surface area contributed by atoms with E-state index >= 15 is 0 Å². The van der Waals surface area contributed by atoms with Crippen molar-refractivity contribution in [2.45, 2.75) is 6.61 Å². The lowest BCUT2D eigenvalue weighted by Crippen LogP contribution is -2.05. The van der Waals surface area contributed by atoms with Crippen LogP contribution in [0.4, 0.5) is 0 Å². The van der Waals surface area contributed by atoms with Gasteiger partial charge >= 0.3 is 5.97 Å². The molecule has 4 nitrogen and oxygen atoms in total. The van der Waals surface area contributed by atoms with Gasteiger partial charge in [0.2, 0.25) is 0 Å². The molecule has 7 heteroatoms. The monoisotopic (exact) mass is 381 g/mol. The van der Waals surface area contributed by atoms with Gasteiger partial charge in [-0.05, 0) is 42.5 Å². The van der Waals surface area contributed by atoms with E-state index in [1.165, 1.54) is 18.2 Å². The molecule has 0 saturated carbocycles. The molecule has 0 N–H and O–H groups in total. The van der Waals surface area contributed by atoms with Gasteiger partial charge in [-0.1, -0.05) is 40.0 Å². The smallest absolute Gasteiger partial charge is 0.338 e. The van der Waals surface area contributed by atoms with Crippen LogP contribution in [0.2, 0.25) is 15.1 Å². The summed E-state index contributed by atoms with van der Waals surface area (Å²) in [6, 6.07) is 13.3. The molecule has 3 aromatic rings. The number of esters is 1. The third-order valence-corrected chi connectivity index (χ3v) is 3.83. The van der Waals surface area contributed by atoms with Gasteiger partial charge in [0, 0.05) is 26.7 Å². The average molecular weight is 383 g/mol. The van der Waals surface area contributed by atoms with E-state index in [1.54, 1.807) is 18.2 Å². The molecule has 0 fully saturated rings. The maximum atomic E-state index is 12.0. The zero-order valence-electron chi connectivity index (χ0n) is 12.1. The first kappa shape index (κ1) is 16.8. The molecule has 0 aliphatic heterocycles. The number of benzene rings is 2. The third-order valence-electron chi connectivity index (χ3n) is 3.14. The number of rotatable bonds is 4. The Balaban J connectivity index is 1.67. The van der Waals surface area contributed by atoms with Gasteiger partial charge in [-0.3, -0.25) is 0 Å². The molecule has 0 aliphatic carbocycles. The number of halogens is 3. The highest BCUT2D eigenvalue weighted by molar-refractivity contribution is 6.35. The Kier molecular flexibility index (Phi) is 5.09. The van der Waals surface area contributed by atoms with E-state index in [4.69, 9.17) is 44.1 Å². The zero-order valence-corrected chi connectivity index (χ0v) is 14.4. The van der Waals surface area contributed by atoms with Gasteiger partial charge in [0.05, 0.1) is 5.56 Å². The lowest BCUT2D eigenvalue weighted by Gasteiger charge is -2.03. The number of hydrogen-bond acceptors (Lipinski definition) is 4. The minimum Gasteiger partial charge on any atom is -0.455 e. The normalized spacial score (nSPS) is 10.6. The first-order valence-corrected chi connectivity index (χ1v) is 7.99. The van der Waals surface area contributed by atoms with Crippen molar-refractivity contribution in [3.05, 3.63) is 74.9 Å². The highest BCUT2D eigenvalue weighted by atomic mass is 35.5. The maximum Gasteiger partial charge on any atom is 0.338 e. The van der Waals surface area contributed by atoms with E-state index in [0.717, 1.165) is 5.56 Å². The lowest BCUT2D eigenvalue weighted by molar-refractivity contribution is 0.0464. The van der Waals surface area contributed by atoms with Crippen molar-refractivity contribution in [3.63, 3.8) is 0 Å². The Labute approximate surface area is 152 Å². The van der Waals surface area contributed by atoms with Crippen LogP contribution in [0.1, 0.15) is 16.1 Å². The van der Waals surface area contributed by atoms with Crippen molar-refractivity contribution < 1.29 is 14.1 Å². The molecule has 3 rings (SSSR count). The summed E-state index contributed by atoms with van der Waals surface area (Å²) in [7, 11) is 0. The molecule has 1 aromatic heterocycles. The summed E-state index contributed by atoms with van der Waals surface area (Å²) in [5, 5.41) is 5.23. The molecule has 24 heavy (non-hydrogen) atoms. The molecule has 0 aliphatic rings. The molecule has 1 heterocycles. The van der Waals surface area contributed by atoms with Gasteiger partial charge in [-0.25, -0.2) is 4.79 Å². The lowest BCUT2D eigenvalue weighted by atomic mass is 10.2. The second-order valence-electron chi connectivity index (χ2n) is 4.92. The summed E-state index contributed by atoms with van der Waals surface area (Å²) in [6.07, 6.45) is 0. The number of nitrogens with zero attached hydrogens (tertiary/aromatic N) is 1. The van der Waals surface area contributed by atoms with Crippen molar-refractivity contribution in [3.8, 4) is 11.3 Å². The fraction of sp³-hybridized carbons (Fsp3) is 0.0588. The van der Waals surface area contributed by atoms with Crippen molar-refractivity contribution in [1.82, 2.24) is 5.16 Å². The minimum absolute atomic E-state index is 0.0277. The van der Waals surface area contributed by atoms with Gasteiger partial charge in [0.1, 0.15) is 12.3 Å². The fourth-order valence-corrected chi connectivity index (χ4v) is 2.68. The average Bonchev–Trinajstić information content (AvgIpc) is 3.01. The van der Waals surface area contributed by atoms with Crippen molar-refractivity contribution in [2.24, 2.45) is 0 Å². The van der Waals surface area contributed by atoms with Crippen LogP contribution < -0.4 is 0 Å². The van der Waals surface area contributed by atoms with Crippen molar-refractivity contribution >= 4 is 40.8 Å². The third kappa shape index (κ3) is 4.09. The van der Waals surface area contributed by atoms with E-state index in [-0.39, 0.29) is 12.2 Å². The van der Waals surface area contributed by atoms with E-state index in [1.807, 2.05) is 12.1 Å². The summed E-state index contributed by atoms with van der Waals surface area (Å²) >= 11 is 17.6. The van der Waals surface area contributed by atoms with Crippen LogP contribution in [0.15, 0.2) is 53.1 Å². The molecule has 0 unspecified atom stereocenters. The van der Waals surface area contributed by atoms with E-state index in [2.05, 4.69) is 5.16 Å². The Morgan fingerprint density at radius 3 is 2.29 bits per heavy atom. The molecule has 0 saturated heterocycles. The van der Waals surface area contributed by atoms with Crippen LogP contribution >= 0.6 is 34.8 Å². The summed E-state index contributed by atoms with van der Waals surface area (Å²) in [5.41, 5.74) is 1.58.